The van der Waals surface area contributed by atoms with Crippen LogP contribution in [0.1, 0.15) is 32.1 Å². The molecule has 106 valence electrons. The van der Waals surface area contributed by atoms with Gasteiger partial charge >= 0.3 is 0 Å². The zero-order valence-corrected chi connectivity index (χ0v) is 11.2. The molecule has 2 unspecified atom stereocenters. The predicted octanol–water partition coefficient (Wildman–Crippen LogP) is 0.583. The second-order valence-corrected chi connectivity index (χ2v) is 5.20. The van der Waals surface area contributed by atoms with Crippen LogP contribution >= 0.6 is 0 Å². The fourth-order valence-electron chi connectivity index (χ4n) is 2.69. The number of hydrogen-bond donors (Lipinski definition) is 2. The summed E-state index contributed by atoms with van der Waals surface area (Å²) in [6, 6.07) is 0. The maximum atomic E-state index is 11.7. The van der Waals surface area contributed by atoms with E-state index in [-0.39, 0.29) is 12.5 Å². The lowest BCUT2D eigenvalue weighted by Crippen LogP contribution is -2.35. The molecule has 0 aromatic carbocycles. The summed E-state index contributed by atoms with van der Waals surface area (Å²) in [6.45, 7) is 1.47. The minimum Gasteiger partial charge on any atom is -0.396 e. The van der Waals surface area contributed by atoms with Crippen molar-refractivity contribution in [1.82, 2.24) is 20.1 Å². The Balaban J connectivity index is 1.67. The third-order valence-electron chi connectivity index (χ3n) is 3.90. The number of amides is 1. The molecule has 6 nitrogen and oxygen atoms in total. The molecular formula is C13H22N4O2. The van der Waals surface area contributed by atoms with Crippen LogP contribution in [-0.2, 0) is 11.3 Å². The summed E-state index contributed by atoms with van der Waals surface area (Å²) in [5, 5.41) is 16.2. The number of hydrogen-bond acceptors (Lipinski definition) is 4. The van der Waals surface area contributed by atoms with E-state index in [1.165, 1.54) is 19.2 Å². The Morgan fingerprint density at radius 3 is 2.84 bits per heavy atom. The van der Waals surface area contributed by atoms with Gasteiger partial charge < -0.3 is 10.4 Å². The lowest BCUT2D eigenvalue weighted by molar-refractivity contribution is -0.121. The highest BCUT2D eigenvalue weighted by atomic mass is 16.3. The number of aliphatic hydroxyl groups is 1. The molecule has 1 aromatic heterocycles. The van der Waals surface area contributed by atoms with Gasteiger partial charge in [-0.05, 0) is 24.7 Å². The van der Waals surface area contributed by atoms with Gasteiger partial charge in [0.2, 0.25) is 5.91 Å². The van der Waals surface area contributed by atoms with Gasteiger partial charge in [0.1, 0.15) is 12.7 Å². The summed E-state index contributed by atoms with van der Waals surface area (Å²) in [5.41, 5.74) is 0. The van der Waals surface area contributed by atoms with E-state index in [2.05, 4.69) is 15.4 Å². The fraction of sp³-hybridized carbons (Fsp3) is 0.769. The van der Waals surface area contributed by atoms with Gasteiger partial charge in [-0.3, -0.25) is 9.48 Å². The van der Waals surface area contributed by atoms with Crippen molar-refractivity contribution >= 4 is 5.91 Å². The number of aromatic nitrogens is 3. The first kappa shape index (κ1) is 14.0. The van der Waals surface area contributed by atoms with E-state index in [0.29, 0.717) is 31.3 Å². The molecule has 1 aromatic rings. The summed E-state index contributed by atoms with van der Waals surface area (Å²) in [7, 11) is 0. The first-order valence-electron chi connectivity index (χ1n) is 6.99. The van der Waals surface area contributed by atoms with Gasteiger partial charge in [-0.25, -0.2) is 4.98 Å². The molecule has 0 spiro atoms. The Morgan fingerprint density at radius 2 is 2.16 bits per heavy atom. The maximum Gasteiger partial charge on any atom is 0.221 e. The fourth-order valence-corrected chi connectivity index (χ4v) is 2.69. The van der Waals surface area contributed by atoms with Crippen molar-refractivity contribution < 1.29 is 9.90 Å². The summed E-state index contributed by atoms with van der Waals surface area (Å²) >= 11 is 0. The zero-order valence-electron chi connectivity index (χ0n) is 11.2. The van der Waals surface area contributed by atoms with E-state index >= 15 is 0 Å². The Morgan fingerprint density at radius 1 is 1.37 bits per heavy atom. The molecule has 0 saturated heterocycles. The Labute approximate surface area is 113 Å². The normalized spacial score (nSPS) is 23.2. The number of carbonyl (C=O) groups is 1. The molecule has 1 aliphatic carbocycles. The molecule has 1 aliphatic rings. The van der Waals surface area contributed by atoms with E-state index in [1.54, 1.807) is 11.0 Å². The van der Waals surface area contributed by atoms with Gasteiger partial charge in [-0.15, -0.1) is 0 Å². The molecule has 2 atom stereocenters. The quantitative estimate of drug-likeness (QED) is 0.789. The monoisotopic (exact) mass is 266 g/mol. The van der Waals surface area contributed by atoms with E-state index in [0.717, 1.165) is 12.8 Å². The minimum absolute atomic E-state index is 0.0396. The number of aryl methyl sites for hydroxylation is 1. The number of aliphatic hydroxyl groups excluding tert-OH is 1. The van der Waals surface area contributed by atoms with Crippen LogP contribution in [0.5, 0.6) is 0 Å². The number of rotatable bonds is 6. The predicted molar refractivity (Wildman–Crippen MR) is 70.2 cm³/mol. The van der Waals surface area contributed by atoms with Crippen LogP contribution in [-0.4, -0.2) is 38.9 Å². The van der Waals surface area contributed by atoms with Crippen LogP contribution in [0.3, 0.4) is 0 Å². The van der Waals surface area contributed by atoms with Crippen molar-refractivity contribution in [2.45, 2.75) is 38.6 Å². The van der Waals surface area contributed by atoms with Crippen molar-refractivity contribution in [2.75, 3.05) is 13.2 Å². The molecule has 19 heavy (non-hydrogen) atoms. The van der Waals surface area contributed by atoms with Crippen molar-refractivity contribution in [2.24, 2.45) is 11.8 Å². The molecule has 6 heteroatoms. The van der Waals surface area contributed by atoms with Gasteiger partial charge in [0.25, 0.3) is 0 Å². The van der Waals surface area contributed by atoms with Crippen molar-refractivity contribution in [3.63, 3.8) is 0 Å². The first-order valence-corrected chi connectivity index (χ1v) is 6.99. The summed E-state index contributed by atoms with van der Waals surface area (Å²) in [6.07, 6.45) is 8.07. The van der Waals surface area contributed by atoms with E-state index in [4.69, 9.17) is 0 Å². The van der Waals surface area contributed by atoms with Crippen LogP contribution in [0, 0.1) is 11.8 Å². The largest absolute Gasteiger partial charge is 0.396 e. The second-order valence-electron chi connectivity index (χ2n) is 5.20. The van der Waals surface area contributed by atoms with Gasteiger partial charge in [0.15, 0.2) is 0 Å². The SMILES string of the molecule is O=C(CCn1cncn1)NCC1CCCCC1CO. The standard InChI is InChI=1S/C13H22N4O2/c18-8-12-4-2-1-3-11(12)7-15-13(19)5-6-17-10-14-9-16-17/h9-12,18H,1-8H2,(H,15,19). The van der Waals surface area contributed by atoms with Crippen molar-refractivity contribution in [3.8, 4) is 0 Å². The second kappa shape index (κ2) is 7.23. The molecule has 1 saturated carbocycles. The van der Waals surface area contributed by atoms with Crippen LogP contribution < -0.4 is 5.32 Å². The molecule has 2 rings (SSSR count). The summed E-state index contributed by atoms with van der Waals surface area (Å²) in [4.78, 5) is 15.6. The molecule has 0 aliphatic heterocycles. The highest BCUT2D eigenvalue weighted by molar-refractivity contribution is 5.75. The van der Waals surface area contributed by atoms with Crippen LogP contribution in [0.4, 0.5) is 0 Å². The van der Waals surface area contributed by atoms with Gasteiger partial charge in [-0.2, -0.15) is 5.10 Å². The number of nitrogens with one attached hydrogen (secondary N) is 1. The summed E-state index contributed by atoms with van der Waals surface area (Å²) < 4.78 is 1.65. The minimum atomic E-state index is 0.0396. The average Bonchev–Trinajstić information content (AvgIpc) is 2.96. The van der Waals surface area contributed by atoms with Crippen molar-refractivity contribution in [3.05, 3.63) is 12.7 Å². The number of nitrogens with zero attached hydrogens (tertiary/aromatic N) is 3. The zero-order chi connectivity index (χ0) is 13.5. The Kier molecular flexibility index (Phi) is 5.32. The lowest BCUT2D eigenvalue weighted by atomic mass is 9.79. The molecule has 1 amide bonds. The summed E-state index contributed by atoms with van der Waals surface area (Å²) in [5.74, 6) is 0.816. The molecule has 2 N–H and O–H groups in total. The smallest absolute Gasteiger partial charge is 0.221 e. The van der Waals surface area contributed by atoms with Gasteiger partial charge in [0.05, 0.1) is 6.54 Å². The lowest BCUT2D eigenvalue weighted by Gasteiger charge is -2.30. The van der Waals surface area contributed by atoms with E-state index in [1.807, 2.05) is 0 Å². The van der Waals surface area contributed by atoms with Gasteiger partial charge in [-0.1, -0.05) is 12.8 Å². The molecule has 0 bridgehead atoms. The molecule has 1 heterocycles. The van der Waals surface area contributed by atoms with E-state index < -0.39 is 0 Å². The molecule has 1 fully saturated rings. The van der Waals surface area contributed by atoms with Gasteiger partial charge in [0, 0.05) is 19.6 Å². The number of carbonyl (C=O) groups excluding carboxylic acids is 1. The Hall–Kier alpha value is -1.43. The first-order chi connectivity index (χ1) is 9.29. The maximum absolute atomic E-state index is 11.7. The van der Waals surface area contributed by atoms with Crippen LogP contribution in [0.25, 0.3) is 0 Å². The van der Waals surface area contributed by atoms with Crippen LogP contribution in [0.2, 0.25) is 0 Å². The molecular weight excluding hydrogens is 244 g/mol. The third-order valence-corrected chi connectivity index (χ3v) is 3.90. The van der Waals surface area contributed by atoms with Crippen LogP contribution in [0.15, 0.2) is 12.7 Å². The third kappa shape index (κ3) is 4.31. The average molecular weight is 266 g/mol. The highest BCUT2D eigenvalue weighted by Gasteiger charge is 2.24. The topological polar surface area (TPSA) is 80.0 Å². The van der Waals surface area contributed by atoms with E-state index in [9.17, 15) is 9.90 Å². The molecule has 0 radical (unpaired) electrons. The van der Waals surface area contributed by atoms with Crippen molar-refractivity contribution in [1.29, 1.82) is 0 Å². The highest BCUT2D eigenvalue weighted by Crippen LogP contribution is 2.28. The Bertz CT molecular complexity index is 380.